The number of hydrogen-bond acceptors (Lipinski definition) is 2. The Morgan fingerprint density at radius 3 is 2.71 bits per heavy atom. The van der Waals surface area contributed by atoms with Crippen molar-refractivity contribution >= 4 is 17.6 Å². The molecule has 5 nitrogen and oxygen atoms in total. The molecule has 0 spiro atoms. The zero-order chi connectivity index (χ0) is 12.5. The summed E-state index contributed by atoms with van der Waals surface area (Å²) in [6.45, 7) is 2.81. The van der Waals surface area contributed by atoms with E-state index in [1.807, 2.05) is 37.3 Å². The van der Waals surface area contributed by atoms with Gasteiger partial charge in [0.1, 0.15) is 6.54 Å². The van der Waals surface area contributed by atoms with E-state index in [-0.39, 0.29) is 12.5 Å². The predicted molar refractivity (Wildman–Crippen MR) is 69.9 cm³/mol. The second-order valence-electron chi connectivity index (χ2n) is 3.54. The summed E-state index contributed by atoms with van der Waals surface area (Å²) in [5.41, 5.74) is 6.32. The number of anilines is 1. The van der Waals surface area contributed by atoms with Crippen molar-refractivity contribution in [2.45, 2.75) is 13.3 Å². The molecule has 0 aromatic heterocycles. The van der Waals surface area contributed by atoms with E-state index >= 15 is 0 Å². The summed E-state index contributed by atoms with van der Waals surface area (Å²) in [5.74, 6) is 0.118. The summed E-state index contributed by atoms with van der Waals surface area (Å²) in [4.78, 5) is 15.4. The first-order valence-electron chi connectivity index (χ1n) is 5.61. The van der Waals surface area contributed by atoms with E-state index in [4.69, 9.17) is 5.73 Å². The van der Waals surface area contributed by atoms with Gasteiger partial charge in [0.15, 0.2) is 5.96 Å². The van der Waals surface area contributed by atoms with Gasteiger partial charge in [-0.25, -0.2) is 4.99 Å². The summed E-state index contributed by atoms with van der Waals surface area (Å²) < 4.78 is 0. The van der Waals surface area contributed by atoms with Crippen LogP contribution in [0.1, 0.15) is 13.3 Å². The Bertz CT molecular complexity index is 375. The molecule has 0 aliphatic heterocycles. The van der Waals surface area contributed by atoms with Gasteiger partial charge in [-0.2, -0.15) is 0 Å². The highest BCUT2D eigenvalue weighted by Gasteiger charge is 2.00. The molecule has 1 aromatic carbocycles. The van der Waals surface area contributed by atoms with Gasteiger partial charge in [0.25, 0.3) is 0 Å². The van der Waals surface area contributed by atoms with Crippen molar-refractivity contribution in [3.8, 4) is 0 Å². The third-order valence-corrected chi connectivity index (χ3v) is 2.01. The normalized spacial score (nSPS) is 11.0. The first-order valence-corrected chi connectivity index (χ1v) is 5.61. The second kappa shape index (κ2) is 7.27. The van der Waals surface area contributed by atoms with Gasteiger partial charge in [0.2, 0.25) is 5.91 Å². The maximum Gasteiger partial charge on any atom is 0.246 e. The molecular weight excluding hydrogens is 216 g/mol. The topological polar surface area (TPSA) is 79.5 Å². The first kappa shape index (κ1) is 13.0. The largest absolute Gasteiger partial charge is 0.370 e. The molecule has 0 bridgehead atoms. The van der Waals surface area contributed by atoms with E-state index in [0.29, 0.717) is 5.96 Å². The fourth-order valence-electron chi connectivity index (χ4n) is 1.19. The van der Waals surface area contributed by atoms with Crippen LogP contribution < -0.4 is 16.4 Å². The van der Waals surface area contributed by atoms with Crippen molar-refractivity contribution in [3.63, 3.8) is 0 Å². The fraction of sp³-hybridized carbons (Fsp3) is 0.333. The number of nitrogens with one attached hydrogen (secondary N) is 2. The standard InChI is InChI=1S/C12H18N4O/c1-2-8-14-12(13)15-9-11(17)16-10-6-4-3-5-7-10/h3-7H,2,8-9H2,1H3,(H,16,17)(H3,13,14,15). The molecule has 0 aliphatic carbocycles. The van der Waals surface area contributed by atoms with Crippen LogP contribution in [0.5, 0.6) is 0 Å². The van der Waals surface area contributed by atoms with Gasteiger partial charge in [0, 0.05) is 12.2 Å². The van der Waals surface area contributed by atoms with Gasteiger partial charge in [0.05, 0.1) is 0 Å². The van der Waals surface area contributed by atoms with E-state index in [9.17, 15) is 4.79 Å². The molecule has 0 fully saturated rings. The Balaban J connectivity index is 2.35. The summed E-state index contributed by atoms with van der Waals surface area (Å²) in [6.07, 6.45) is 0.965. The van der Waals surface area contributed by atoms with Crippen molar-refractivity contribution in [1.29, 1.82) is 0 Å². The highest BCUT2D eigenvalue weighted by atomic mass is 16.1. The van der Waals surface area contributed by atoms with E-state index < -0.39 is 0 Å². The molecule has 0 aliphatic rings. The molecule has 92 valence electrons. The number of rotatable bonds is 5. The quantitative estimate of drug-likeness (QED) is 0.524. The molecule has 0 atom stereocenters. The molecule has 0 heterocycles. The molecule has 0 radical (unpaired) electrons. The number of nitrogens with two attached hydrogens (primary N) is 1. The SMILES string of the molecule is CCCNC(N)=NCC(=O)Nc1ccccc1. The number of carbonyl (C=O) groups excluding carboxylic acids is 1. The van der Waals surface area contributed by atoms with Crippen LogP contribution in [0.3, 0.4) is 0 Å². The van der Waals surface area contributed by atoms with Crippen molar-refractivity contribution in [1.82, 2.24) is 5.32 Å². The number of guanidine groups is 1. The average molecular weight is 234 g/mol. The van der Waals surface area contributed by atoms with Gasteiger partial charge in [-0.1, -0.05) is 25.1 Å². The second-order valence-corrected chi connectivity index (χ2v) is 3.54. The number of para-hydroxylation sites is 1. The third-order valence-electron chi connectivity index (χ3n) is 2.01. The molecule has 0 saturated carbocycles. The molecule has 1 amide bonds. The monoisotopic (exact) mass is 234 g/mol. The van der Waals surface area contributed by atoms with Crippen LogP contribution >= 0.6 is 0 Å². The maximum absolute atomic E-state index is 11.5. The number of hydrogen-bond donors (Lipinski definition) is 3. The van der Waals surface area contributed by atoms with Crippen LogP contribution in [0.15, 0.2) is 35.3 Å². The van der Waals surface area contributed by atoms with Crippen molar-refractivity contribution in [2.24, 2.45) is 10.7 Å². The molecule has 5 heteroatoms. The van der Waals surface area contributed by atoms with E-state index in [2.05, 4.69) is 15.6 Å². The fourth-order valence-corrected chi connectivity index (χ4v) is 1.19. The maximum atomic E-state index is 11.5. The molecule has 0 saturated heterocycles. The molecule has 1 aromatic rings. The predicted octanol–water partition coefficient (Wildman–Crippen LogP) is 0.939. The average Bonchev–Trinajstić information content (AvgIpc) is 2.35. The lowest BCUT2D eigenvalue weighted by Crippen LogP contribution is -2.33. The van der Waals surface area contributed by atoms with E-state index in [1.54, 1.807) is 0 Å². The van der Waals surface area contributed by atoms with E-state index in [1.165, 1.54) is 0 Å². The molecular formula is C12H18N4O. The van der Waals surface area contributed by atoms with Crippen LogP contribution in [0.2, 0.25) is 0 Å². The highest BCUT2D eigenvalue weighted by Crippen LogP contribution is 2.04. The minimum atomic E-state index is -0.183. The van der Waals surface area contributed by atoms with Gasteiger partial charge >= 0.3 is 0 Å². The third kappa shape index (κ3) is 5.55. The molecule has 1 rings (SSSR count). The first-order chi connectivity index (χ1) is 8.22. The highest BCUT2D eigenvalue weighted by molar-refractivity contribution is 5.93. The van der Waals surface area contributed by atoms with Gasteiger partial charge in [-0.3, -0.25) is 4.79 Å². The molecule has 0 unspecified atom stereocenters. The lowest BCUT2D eigenvalue weighted by atomic mass is 10.3. The number of carbonyl (C=O) groups is 1. The summed E-state index contributed by atoms with van der Waals surface area (Å²) >= 11 is 0. The van der Waals surface area contributed by atoms with E-state index in [0.717, 1.165) is 18.7 Å². The summed E-state index contributed by atoms with van der Waals surface area (Å²) in [6, 6.07) is 9.24. The van der Waals surface area contributed by atoms with Crippen LogP contribution in [-0.4, -0.2) is 25.0 Å². The molecule has 4 N–H and O–H groups in total. The summed E-state index contributed by atoms with van der Waals surface area (Å²) in [7, 11) is 0. The van der Waals surface area contributed by atoms with Gasteiger partial charge < -0.3 is 16.4 Å². The Hall–Kier alpha value is -2.04. The van der Waals surface area contributed by atoms with Crippen molar-refractivity contribution in [3.05, 3.63) is 30.3 Å². The Labute approximate surface area is 101 Å². The van der Waals surface area contributed by atoms with Gasteiger partial charge in [-0.05, 0) is 18.6 Å². The number of nitrogens with zero attached hydrogens (tertiary/aromatic N) is 1. The zero-order valence-electron chi connectivity index (χ0n) is 9.94. The summed E-state index contributed by atoms with van der Waals surface area (Å²) in [5, 5.41) is 5.62. The molecule has 17 heavy (non-hydrogen) atoms. The zero-order valence-corrected chi connectivity index (χ0v) is 9.94. The van der Waals surface area contributed by atoms with Crippen molar-refractivity contribution < 1.29 is 4.79 Å². The lowest BCUT2D eigenvalue weighted by Gasteiger charge is -2.04. The van der Waals surface area contributed by atoms with Gasteiger partial charge in [-0.15, -0.1) is 0 Å². The van der Waals surface area contributed by atoms with Crippen LogP contribution in [-0.2, 0) is 4.79 Å². The number of aliphatic imine (C=N–C) groups is 1. The minimum absolute atomic E-state index is 0.0252. The Morgan fingerprint density at radius 1 is 1.35 bits per heavy atom. The number of benzene rings is 1. The van der Waals surface area contributed by atoms with Crippen LogP contribution in [0, 0.1) is 0 Å². The minimum Gasteiger partial charge on any atom is -0.370 e. The van der Waals surface area contributed by atoms with Crippen LogP contribution in [0.4, 0.5) is 5.69 Å². The number of amides is 1. The Morgan fingerprint density at radius 2 is 2.06 bits per heavy atom. The van der Waals surface area contributed by atoms with Crippen molar-refractivity contribution in [2.75, 3.05) is 18.4 Å². The Kier molecular flexibility index (Phi) is 5.57. The lowest BCUT2D eigenvalue weighted by molar-refractivity contribution is -0.114. The smallest absolute Gasteiger partial charge is 0.246 e. The van der Waals surface area contributed by atoms with Crippen LogP contribution in [0.25, 0.3) is 0 Å².